The molecule has 2 N–H and O–H groups in total. The zero-order valence-electron chi connectivity index (χ0n) is 10.0. The second-order valence-corrected chi connectivity index (χ2v) is 5.02. The fourth-order valence-electron chi connectivity index (χ4n) is 1.84. The molecular formula is C12H15BrN2O3. The lowest BCUT2D eigenvalue weighted by Gasteiger charge is -2.17. The average Bonchev–Trinajstić information content (AvgIpc) is 2.78. The third-order valence-electron chi connectivity index (χ3n) is 2.87. The summed E-state index contributed by atoms with van der Waals surface area (Å²) in [5.74, 6) is 0.719. The van der Waals surface area contributed by atoms with E-state index in [-0.39, 0.29) is 6.03 Å². The quantitative estimate of drug-likeness (QED) is 0.878. The molecule has 1 aliphatic heterocycles. The van der Waals surface area contributed by atoms with Gasteiger partial charge in [-0.15, -0.1) is 0 Å². The number of ether oxygens (including phenoxy) is 1. The van der Waals surface area contributed by atoms with Gasteiger partial charge < -0.3 is 20.1 Å². The van der Waals surface area contributed by atoms with Gasteiger partial charge in [-0.3, -0.25) is 0 Å². The maximum Gasteiger partial charge on any atom is 0.321 e. The van der Waals surface area contributed by atoms with Gasteiger partial charge in [0.25, 0.3) is 0 Å². The van der Waals surface area contributed by atoms with Crippen LogP contribution in [0.3, 0.4) is 0 Å². The second kappa shape index (κ2) is 5.58. The molecule has 2 rings (SSSR count). The van der Waals surface area contributed by atoms with E-state index in [1.54, 1.807) is 30.2 Å². The number of hydrogen-bond acceptors (Lipinski definition) is 3. The molecule has 0 aliphatic carbocycles. The number of rotatable bonds is 2. The number of aliphatic hydroxyl groups excluding tert-OH is 1. The molecule has 0 unspecified atom stereocenters. The molecule has 6 heteroatoms. The molecule has 1 heterocycles. The maximum atomic E-state index is 11.9. The Morgan fingerprint density at radius 3 is 2.94 bits per heavy atom. The number of carbonyl (C=O) groups excluding carboxylic acids is 1. The zero-order chi connectivity index (χ0) is 13.1. The Kier molecular flexibility index (Phi) is 4.08. The third kappa shape index (κ3) is 2.94. The van der Waals surface area contributed by atoms with Gasteiger partial charge in [-0.2, -0.15) is 0 Å². The van der Waals surface area contributed by atoms with Crippen molar-refractivity contribution in [3.63, 3.8) is 0 Å². The molecule has 0 radical (unpaired) electrons. The van der Waals surface area contributed by atoms with Gasteiger partial charge in [-0.25, -0.2) is 4.79 Å². The van der Waals surface area contributed by atoms with E-state index >= 15 is 0 Å². The molecule has 2 amide bonds. The minimum absolute atomic E-state index is 0.197. The fourth-order valence-corrected chi connectivity index (χ4v) is 2.30. The topological polar surface area (TPSA) is 61.8 Å². The Hall–Kier alpha value is -1.27. The number of halogens is 1. The highest BCUT2D eigenvalue weighted by Crippen LogP contribution is 2.27. The van der Waals surface area contributed by atoms with Crippen molar-refractivity contribution >= 4 is 27.6 Å². The standard InChI is InChI=1S/C12H15BrN2O3/c1-18-9-2-3-11(10(13)6-9)14-12(17)15-5-4-8(16)7-15/h2-3,6,8,16H,4-5,7H2,1H3,(H,14,17)/t8-/m1/s1. The molecule has 0 spiro atoms. The lowest BCUT2D eigenvalue weighted by molar-refractivity contribution is 0.176. The van der Waals surface area contributed by atoms with Crippen LogP contribution in [-0.4, -0.2) is 42.3 Å². The van der Waals surface area contributed by atoms with Gasteiger partial charge in [0.15, 0.2) is 0 Å². The van der Waals surface area contributed by atoms with Gasteiger partial charge in [-0.1, -0.05) is 0 Å². The van der Waals surface area contributed by atoms with Gasteiger partial charge >= 0.3 is 6.03 Å². The molecular weight excluding hydrogens is 300 g/mol. The summed E-state index contributed by atoms with van der Waals surface area (Å²) in [5, 5.41) is 12.2. The lowest BCUT2D eigenvalue weighted by atomic mass is 10.3. The van der Waals surface area contributed by atoms with Crippen molar-refractivity contribution in [2.45, 2.75) is 12.5 Å². The third-order valence-corrected chi connectivity index (χ3v) is 3.52. The predicted molar refractivity (Wildman–Crippen MR) is 71.9 cm³/mol. The number of methoxy groups -OCH3 is 1. The van der Waals surface area contributed by atoms with Crippen LogP contribution >= 0.6 is 15.9 Å². The number of nitrogens with zero attached hydrogens (tertiary/aromatic N) is 1. The van der Waals surface area contributed by atoms with Crippen LogP contribution in [0, 0.1) is 0 Å². The molecule has 1 aliphatic rings. The number of benzene rings is 1. The van der Waals surface area contributed by atoms with Gasteiger partial charge in [0, 0.05) is 17.6 Å². The largest absolute Gasteiger partial charge is 0.497 e. The summed E-state index contributed by atoms with van der Waals surface area (Å²) in [6.07, 6.45) is 0.229. The van der Waals surface area contributed by atoms with E-state index in [1.807, 2.05) is 0 Å². The van der Waals surface area contributed by atoms with Crippen molar-refractivity contribution in [1.29, 1.82) is 0 Å². The van der Waals surface area contributed by atoms with Crippen molar-refractivity contribution in [1.82, 2.24) is 4.90 Å². The van der Waals surface area contributed by atoms with Crippen LogP contribution in [0.2, 0.25) is 0 Å². The number of aliphatic hydroxyl groups is 1. The molecule has 18 heavy (non-hydrogen) atoms. The van der Waals surface area contributed by atoms with E-state index in [1.165, 1.54) is 0 Å². The van der Waals surface area contributed by atoms with Crippen LogP contribution in [0.5, 0.6) is 5.75 Å². The molecule has 98 valence electrons. The van der Waals surface area contributed by atoms with Crippen LogP contribution in [0.1, 0.15) is 6.42 Å². The Labute approximate surface area is 114 Å². The predicted octanol–water partition coefficient (Wildman–Crippen LogP) is 2.06. The van der Waals surface area contributed by atoms with Crippen LogP contribution in [0.15, 0.2) is 22.7 Å². The van der Waals surface area contributed by atoms with E-state index in [2.05, 4.69) is 21.2 Å². The number of nitrogens with one attached hydrogen (secondary N) is 1. The van der Waals surface area contributed by atoms with Crippen LogP contribution in [0.25, 0.3) is 0 Å². The van der Waals surface area contributed by atoms with Crippen molar-refractivity contribution in [3.8, 4) is 5.75 Å². The number of amides is 2. The van der Waals surface area contributed by atoms with Gasteiger partial charge in [0.1, 0.15) is 5.75 Å². The molecule has 1 atom stereocenters. The molecule has 0 bridgehead atoms. The smallest absolute Gasteiger partial charge is 0.321 e. The first-order chi connectivity index (χ1) is 8.60. The number of carbonyl (C=O) groups is 1. The maximum absolute atomic E-state index is 11.9. The molecule has 1 fully saturated rings. The SMILES string of the molecule is COc1ccc(NC(=O)N2CC[C@@H](O)C2)c(Br)c1. The van der Waals surface area contributed by atoms with Gasteiger partial charge in [0.2, 0.25) is 0 Å². The van der Waals surface area contributed by atoms with E-state index in [0.29, 0.717) is 25.2 Å². The summed E-state index contributed by atoms with van der Waals surface area (Å²) in [7, 11) is 1.59. The van der Waals surface area contributed by atoms with Crippen LogP contribution < -0.4 is 10.1 Å². The summed E-state index contributed by atoms with van der Waals surface area (Å²) < 4.78 is 5.84. The highest BCUT2D eigenvalue weighted by Gasteiger charge is 2.24. The fraction of sp³-hybridized carbons (Fsp3) is 0.417. The van der Waals surface area contributed by atoms with Crippen molar-refractivity contribution in [3.05, 3.63) is 22.7 Å². The van der Waals surface area contributed by atoms with Gasteiger partial charge in [0.05, 0.1) is 18.9 Å². The first-order valence-electron chi connectivity index (χ1n) is 5.67. The molecule has 1 aromatic rings. The van der Waals surface area contributed by atoms with Crippen molar-refractivity contribution in [2.24, 2.45) is 0 Å². The number of anilines is 1. The summed E-state index contributed by atoms with van der Waals surface area (Å²) in [4.78, 5) is 13.5. The number of likely N-dealkylation sites (tertiary alicyclic amines) is 1. The lowest BCUT2D eigenvalue weighted by Crippen LogP contribution is -2.33. The summed E-state index contributed by atoms with van der Waals surface area (Å²) in [6, 6.07) is 5.14. The monoisotopic (exact) mass is 314 g/mol. The second-order valence-electron chi connectivity index (χ2n) is 4.16. The molecule has 1 aromatic carbocycles. The summed E-state index contributed by atoms with van der Waals surface area (Å²) in [6.45, 7) is 0.973. The highest BCUT2D eigenvalue weighted by atomic mass is 79.9. The minimum Gasteiger partial charge on any atom is -0.497 e. The Morgan fingerprint density at radius 2 is 2.39 bits per heavy atom. The van der Waals surface area contributed by atoms with Crippen molar-refractivity contribution < 1.29 is 14.6 Å². The van der Waals surface area contributed by atoms with E-state index < -0.39 is 6.10 Å². The average molecular weight is 315 g/mol. The highest BCUT2D eigenvalue weighted by molar-refractivity contribution is 9.10. The van der Waals surface area contributed by atoms with Gasteiger partial charge in [-0.05, 0) is 40.5 Å². The minimum atomic E-state index is -0.407. The van der Waals surface area contributed by atoms with Crippen LogP contribution in [-0.2, 0) is 0 Å². The normalized spacial score (nSPS) is 18.8. The molecule has 1 saturated heterocycles. The number of β-amino-alcohol motifs (C(OH)–C–C–N with tert-alkyl or cyclic N) is 1. The van der Waals surface area contributed by atoms with Crippen LogP contribution in [0.4, 0.5) is 10.5 Å². The molecule has 5 nitrogen and oxygen atoms in total. The number of urea groups is 1. The Morgan fingerprint density at radius 1 is 1.61 bits per heavy atom. The van der Waals surface area contributed by atoms with E-state index in [4.69, 9.17) is 4.74 Å². The first-order valence-corrected chi connectivity index (χ1v) is 6.47. The number of hydrogen-bond donors (Lipinski definition) is 2. The summed E-state index contributed by atoms with van der Waals surface area (Å²) >= 11 is 3.37. The molecule has 0 saturated carbocycles. The van der Waals surface area contributed by atoms with E-state index in [0.717, 1.165) is 10.2 Å². The Balaban J connectivity index is 2.03. The van der Waals surface area contributed by atoms with E-state index in [9.17, 15) is 9.90 Å². The van der Waals surface area contributed by atoms with Crippen molar-refractivity contribution in [2.75, 3.05) is 25.5 Å². The first kappa shape index (κ1) is 13.2. The zero-order valence-corrected chi connectivity index (χ0v) is 11.6. The summed E-state index contributed by atoms with van der Waals surface area (Å²) in [5.41, 5.74) is 0.683. The molecule has 0 aromatic heterocycles. The Bertz CT molecular complexity index is 453.